The highest BCUT2D eigenvalue weighted by atomic mass is 32.2. The van der Waals surface area contributed by atoms with Crippen LogP contribution in [0.3, 0.4) is 0 Å². The first kappa shape index (κ1) is 22.5. The van der Waals surface area contributed by atoms with Crippen LogP contribution in [0.4, 0.5) is 0 Å². The predicted molar refractivity (Wildman–Crippen MR) is 130 cm³/mol. The SMILES string of the molecule is C=C(SC(=C)c1sccc1CCCCCC)c1sccc1CCCCCC. The second-order valence-corrected chi connectivity index (χ2v) is 10.1. The van der Waals surface area contributed by atoms with Crippen LogP contribution in [0.1, 0.15) is 86.1 Å². The Hall–Kier alpha value is -0.770. The lowest BCUT2D eigenvalue weighted by atomic mass is 10.1. The maximum absolute atomic E-state index is 4.39. The molecule has 3 heteroatoms. The summed E-state index contributed by atoms with van der Waals surface area (Å²) in [6, 6.07) is 4.56. The first-order valence-corrected chi connectivity index (χ1v) is 12.9. The maximum atomic E-state index is 4.39. The van der Waals surface area contributed by atoms with Gasteiger partial charge in [-0.1, -0.05) is 77.3 Å². The van der Waals surface area contributed by atoms with Crippen molar-refractivity contribution in [1.29, 1.82) is 0 Å². The van der Waals surface area contributed by atoms with E-state index in [2.05, 4.69) is 49.9 Å². The van der Waals surface area contributed by atoms with E-state index < -0.39 is 0 Å². The van der Waals surface area contributed by atoms with Crippen molar-refractivity contribution in [1.82, 2.24) is 0 Å². The summed E-state index contributed by atoms with van der Waals surface area (Å²) in [5.74, 6) is 0. The molecule has 0 atom stereocenters. The van der Waals surface area contributed by atoms with E-state index in [9.17, 15) is 0 Å². The molecule has 2 rings (SSSR count). The number of hydrogen-bond donors (Lipinski definition) is 0. The van der Waals surface area contributed by atoms with Gasteiger partial charge in [-0.2, -0.15) is 0 Å². The van der Waals surface area contributed by atoms with Crippen molar-refractivity contribution in [3.05, 3.63) is 56.9 Å². The molecule has 0 fully saturated rings. The molecule has 0 saturated carbocycles. The number of aryl methyl sites for hydroxylation is 2. The molecule has 0 aliphatic rings. The number of thiophene rings is 2. The maximum Gasteiger partial charge on any atom is 0.0435 e. The van der Waals surface area contributed by atoms with Gasteiger partial charge in [-0.15, -0.1) is 22.7 Å². The molecule has 0 N–H and O–H groups in total. The van der Waals surface area contributed by atoms with E-state index in [0.29, 0.717) is 0 Å². The zero-order chi connectivity index (χ0) is 19.5. The monoisotopic (exact) mass is 418 g/mol. The van der Waals surface area contributed by atoms with Crippen LogP contribution in [0.2, 0.25) is 0 Å². The highest BCUT2D eigenvalue weighted by molar-refractivity contribution is 8.16. The second-order valence-electron chi connectivity index (χ2n) is 7.12. The molecule has 0 spiro atoms. The topological polar surface area (TPSA) is 0 Å². The largest absolute Gasteiger partial charge is 0.143 e. The van der Waals surface area contributed by atoms with Crippen molar-refractivity contribution < 1.29 is 0 Å². The van der Waals surface area contributed by atoms with Gasteiger partial charge >= 0.3 is 0 Å². The highest BCUT2D eigenvalue weighted by Gasteiger charge is 2.14. The zero-order valence-electron chi connectivity index (χ0n) is 17.0. The second kappa shape index (κ2) is 12.6. The fourth-order valence-corrected chi connectivity index (χ4v) is 6.21. The lowest BCUT2D eigenvalue weighted by Crippen LogP contribution is -1.89. The van der Waals surface area contributed by atoms with Crippen LogP contribution in [-0.4, -0.2) is 0 Å². The van der Waals surface area contributed by atoms with Crippen molar-refractivity contribution in [2.24, 2.45) is 0 Å². The van der Waals surface area contributed by atoms with Crippen LogP contribution in [0.5, 0.6) is 0 Å². The lowest BCUT2D eigenvalue weighted by Gasteiger charge is -2.10. The lowest BCUT2D eigenvalue weighted by molar-refractivity contribution is 0.667. The average Bonchev–Trinajstić information content (AvgIpc) is 3.31. The van der Waals surface area contributed by atoms with Crippen molar-refractivity contribution in [3.63, 3.8) is 0 Å². The van der Waals surface area contributed by atoms with Gasteiger partial charge in [0, 0.05) is 19.6 Å². The minimum atomic E-state index is 1.16. The van der Waals surface area contributed by atoms with E-state index in [1.807, 2.05) is 22.7 Å². The van der Waals surface area contributed by atoms with Gasteiger partial charge in [0.05, 0.1) is 0 Å². The standard InChI is InChI=1S/C24H34S3/c1-5-7-9-11-13-21-15-17-25-23(21)19(3)27-20(4)24-22(16-18-26-24)14-12-10-8-6-2/h15-18H,3-14H2,1-2H3. The van der Waals surface area contributed by atoms with Gasteiger partial charge in [-0.3, -0.25) is 0 Å². The normalized spacial score (nSPS) is 11.0. The third-order valence-corrected chi connectivity index (χ3v) is 8.04. The van der Waals surface area contributed by atoms with Crippen LogP contribution < -0.4 is 0 Å². The summed E-state index contributed by atoms with van der Waals surface area (Å²) in [5.41, 5.74) is 2.93. The molecule has 0 radical (unpaired) electrons. The van der Waals surface area contributed by atoms with Crippen LogP contribution in [0, 0.1) is 0 Å². The van der Waals surface area contributed by atoms with Crippen molar-refractivity contribution in [2.45, 2.75) is 78.1 Å². The Kier molecular flexibility index (Phi) is 10.5. The molecular weight excluding hydrogens is 384 g/mol. The van der Waals surface area contributed by atoms with E-state index in [1.54, 1.807) is 11.8 Å². The summed E-state index contributed by atoms with van der Waals surface area (Å²) in [5, 5.41) is 4.42. The zero-order valence-corrected chi connectivity index (χ0v) is 19.5. The quantitative estimate of drug-likeness (QED) is 0.275. The van der Waals surface area contributed by atoms with E-state index in [1.165, 1.54) is 85.1 Å². The summed E-state index contributed by atoms with van der Waals surface area (Å²) >= 11 is 5.41. The Morgan fingerprint density at radius 2 is 1.19 bits per heavy atom. The number of unbranched alkanes of at least 4 members (excludes halogenated alkanes) is 6. The Morgan fingerprint density at radius 3 is 1.59 bits per heavy atom. The van der Waals surface area contributed by atoms with Crippen LogP contribution >= 0.6 is 34.4 Å². The third kappa shape index (κ3) is 7.29. The van der Waals surface area contributed by atoms with Gasteiger partial charge in [0.25, 0.3) is 0 Å². The van der Waals surface area contributed by atoms with Crippen LogP contribution in [-0.2, 0) is 12.8 Å². The Balaban J connectivity index is 1.92. The molecule has 0 unspecified atom stereocenters. The fourth-order valence-electron chi connectivity index (χ4n) is 3.28. The molecule has 0 amide bonds. The molecule has 0 aliphatic heterocycles. The molecule has 0 aromatic carbocycles. The van der Waals surface area contributed by atoms with Crippen LogP contribution in [0.15, 0.2) is 36.1 Å². The smallest absolute Gasteiger partial charge is 0.0435 e. The van der Waals surface area contributed by atoms with Gasteiger partial charge < -0.3 is 0 Å². The van der Waals surface area contributed by atoms with Gasteiger partial charge in [-0.05, 0) is 59.7 Å². The molecule has 2 aromatic rings. The molecule has 2 heterocycles. The van der Waals surface area contributed by atoms with E-state index >= 15 is 0 Å². The molecule has 148 valence electrons. The summed E-state index contributed by atoms with van der Waals surface area (Å²) in [6.07, 6.45) is 12.8. The van der Waals surface area contributed by atoms with Crippen molar-refractivity contribution in [3.8, 4) is 0 Å². The minimum absolute atomic E-state index is 1.16. The van der Waals surface area contributed by atoms with Gasteiger partial charge in [0.1, 0.15) is 0 Å². The number of rotatable bonds is 14. The minimum Gasteiger partial charge on any atom is -0.143 e. The molecule has 0 bridgehead atoms. The molecular formula is C24H34S3. The van der Waals surface area contributed by atoms with Crippen molar-refractivity contribution in [2.75, 3.05) is 0 Å². The van der Waals surface area contributed by atoms with E-state index in [4.69, 9.17) is 0 Å². The third-order valence-electron chi connectivity index (χ3n) is 4.85. The first-order chi connectivity index (χ1) is 13.2. The summed E-state index contributed by atoms with van der Waals surface area (Å²) in [4.78, 5) is 5.04. The Morgan fingerprint density at radius 1 is 0.741 bits per heavy atom. The predicted octanol–water partition coefficient (Wildman–Crippen LogP) is 9.43. The first-order valence-electron chi connectivity index (χ1n) is 10.4. The molecule has 0 saturated heterocycles. The molecule has 0 aliphatic carbocycles. The van der Waals surface area contributed by atoms with Gasteiger partial charge in [0.2, 0.25) is 0 Å². The number of thioether (sulfide) groups is 1. The number of hydrogen-bond acceptors (Lipinski definition) is 3. The van der Waals surface area contributed by atoms with Gasteiger partial charge in [0.15, 0.2) is 0 Å². The molecule has 2 aromatic heterocycles. The van der Waals surface area contributed by atoms with Crippen molar-refractivity contribution >= 4 is 44.2 Å². The van der Waals surface area contributed by atoms with E-state index in [-0.39, 0.29) is 0 Å². The average molecular weight is 419 g/mol. The molecule has 27 heavy (non-hydrogen) atoms. The Labute approximate surface area is 178 Å². The molecule has 0 nitrogen and oxygen atoms in total. The summed E-state index contributed by atoms with van der Waals surface area (Å²) in [7, 11) is 0. The fraction of sp³-hybridized carbons (Fsp3) is 0.500. The summed E-state index contributed by atoms with van der Waals surface area (Å²) < 4.78 is 0. The van der Waals surface area contributed by atoms with Crippen LogP contribution in [0.25, 0.3) is 9.81 Å². The van der Waals surface area contributed by atoms with E-state index in [0.717, 1.165) is 9.81 Å². The summed E-state index contributed by atoms with van der Waals surface area (Å²) in [6.45, 7) is 13.3. The Bertz CT molecular complexity index is 645. The van der Waals surface area contributed by atoms with Gasteiger partial charge in [-0.25, -0.2) is 0 Å². The highest BCUT2D eigenvalue weighted by Crippen LogP contribution is 2.43.